The van der Waals surface area contributed by atoms with Crippen LogP contribution in [-0.2, 0) is 14.3 Å². The molecule has 1 aliphatic carbocycles. The molecule has 0 unspecified atom stereocenters. The van der Waals surface area contributed by atoms with Crippen molar-refractivity contribution in [3.8, 4) is 0 Å². The first-order chi connectivity index (χ1) is 8.75. The molecule has 0 aliphatic heterocycles. The van der Waals surface area contributed by atoms with E-state index in [0.717, 1.165) is 25.7 Å². The summed E-state index contributed by atoms with van der Waals surface area (Å²) < 4.78 is 10.3. The first kappa shape index (κ1) is 15.4. The van der Waals surface area contributed by atoms with Gasteiger partial charge >= 0.3 is 5.97 Å². The van der Waals surface area contributed by atoms with Crippen LogP contribution in [0.4, 0.5) is 0 Å². The van der Waals surface area contributed by atoms with E-state index in [1.165, 1.54) is 19.3 Å². The van der Waals surface area contributed by atoms with Gasteiger partial charge in [-0.15, -0.1) is 0 Å². The smallest absolute Gasteiger partial charge is 0.326 e. The summed E-state index contributed by atoms with van der Waals surface area (Å²) in [7, 11) is 1.68. The predicted molar refractivity (Wildman–Crippen MR) is 71.6 cm³/mol. The van der Waals surface area contributed by atoms with Crippen molar-refractivity contribution in [1.29, 1.82) is 0 Å². The van der Waals surface area contributed by atoms with E-state index in [9.17, 15) is 4.79 Å². The average Bonchev–Trinajstić information content (AvgIpc) is 2.32. The van der Waals surface area contributed by atoms with Crippen LogP contribution in [0.5, 0.6) is 0 Å². The summed E-state index contributed by atoms with van der Waals surface area (Å²) in [5, 5.41) is 3.39. The van der Waals surface area contributed by atoms with Gasteiger partial charge in [0.15, 0.2) is 0 Å². The Morgan fingerprint density at radius 3 is 2.33 bits per heavy atom. The number of ether oxygens (including phenoxy) is 2. The molecule has 4 nitrogen and oxygen atoms in total. The van der Waals surface area contributed by atoms with Gasteiger partial charge in [0, 0.05) is 13.7 Å². The van der Waals surface area contributed by atoms with Crippen LogP contribution >= 0.6 is 0 Å². The standard InChI is InChI=1S/C14H27NO3/c1-3-18-13(16)14(15-11-12-17-2)9-7-5-4-6-8-10-14/h15H,3-12H2,1-2H3. The van der Waals surface area contributed by atoms with Crippen LogP contribution in [0.15, 0.2) is 0 Å². The molecule has 0 aromatic heterocycles. The van der Waals surface area contributed by atoms with E-state index in [0.29, 0.717) is 19.8 Å². The summed E-state index contributed by atoms with van der Waals surface area (Å²) in [5.41, 5.74) is -0.477. The third kappa shape index (κ3) is 4.58. The normalized spacial score (nSPS) is 19.9. The Labute approximate surface area is 110 Å². The van der Waals surface area contributed by atoms with Crippen LogP contribution in [0.25, 0.3) is 0 Å². The largest absolute Gasteiger partial charge is 0.465 e. The van der Waals surface area contributed by atoms with Crippen molar-refractivity contribution in [2.75, 3.05) is 26.9 Å². The average molecular weight is 257 g/mol. The minimum Gasteiger partial charge on any atom is -0.465 e. The number of methoxy groups -OCH3 is 1. The van der Waals surface area contributed by atoms with E-state index in [4.69, 9.17) is 9.47 Å². The molecular formula is C14H27NO3. The van der Waals surface area contributed by atoms with Crippen molar-refractivity contribution in [3.63, 3.8) is 0 Å². The molecule has 18 heavy (non-hydrogen) atoms. The number of hydrogen-bond acceptors (Lipinski definition) is 4. The van der Waals surface area contributed by atoms with Crippen molar-refractivity contribution in [3.05, 3.63) is 0 Å². The molecule has 0 radical (unpaired) electrons. The van der Waals surface area contributed by atoms with E-state index in [-0.39, 0.29) is 5.97 Å². The second-order valence-corrected chi connectivity index (χ2v) is 4.99. The van der Waals surface area contributed by atoms with Gasteiger partial charge in [-0.3, -0.25) is 10.1 Å². The lowest BCUT2D eigenvalue weighted by Crippen LogP contribution is -2.54. The quantitative estimate of drug-likeness (QED) is 0.586. The Morgan fingerprint density at radius 1 is 1.17 bits per heavy atom. The van der Waals surface area contributed by atoms with Crippen molar-refractivity contribution >= 4 is 5.97 Å². The highest BCUT2D eigenvalue weighted by Crippen LogP contribution is 2.27. The molecule has 0 amide bonds. The molecule has 0 bridgehead atoms. The number of rotatable bonds is 6. The molecular weight excluding hydrogens is 230 g/mol. The second kappa shape index (κ2) is 8.48. The molecule has 0 aromatic carbocycles. The van der Waals surface area contributed by atoms with Gasteiger partial charge in [0.1, 0.15) is 5.54 Å². The van der Waals surface area contributed by atoms with Crippen LogP contribution in [0, 0.1) is 0 Å². The van der Waals surface area contributed by atoms with Gasteiger partial charge in [-0.05, 0) is 19.8 Å². The van der Waals surface area contributed by atoms with Crippen molar-refractivity contribution in [2.45, 2.75) is 57.4 Å². The number of hydrogen-bond donors (Lipinski definition) is 1. The van der Waals surface area contributed by atoms with Gasteiger partial charge < -0.3 is 9.47 Å². The molecule has 1 rings (SSSR count). The van der Waals surface area contributed by atoms with Gasteiger partial charge in [-0.25, -0.2) is 0 Å². The molecule has 0 aromatic rings. The molecule has 4 heteroatoms. The summed E-state index contributed by atoms with van der Waals surface area (Å²) in [5.74, 6) is -0.0806. The lowest BCUT2D eigenvalue weighted by atomic mass is 9.84. The maximum Gasteiger partial charge on any atom is 0.326 e. The Balaban J connectivity index is 2.65. The van der Waals surface area contributed by atoms with E-state index in [1.54, 1.807) is 7.11 Å². The second-order valence-electron chi connectivity index (χ2n) is 4.99. The third-order valence-corrected chi connectivity index (χ3v) is 3.64. The number of nitrogens with one attached hydrogen (secondary N) is 1. The zero-order valence-electron chi connectivity index (χ0n) is 11.8. The molecule has 0 saturated heterocycles. The zero-order valence-corrected chi connectivity index (χ0v) is 11.8. The van der Waals surface area contributed by atoms with Gasteiger partial charge in [-0.2, -0.15) is 0 Å². The van der Waals surface area contributed by atoms with Crippen LogP contribution in [-0.4, -0.2) is 38.4 Å². The Hall–Kier alpha value is -0.610. The van der Waals surface area contributed by atoms with E-state index in [2.05, 4.69) is 5.32 Å². The van der Waals surface area contributed by atoms with Crippen molar-refractivity contribution in [2.24, 2.45) is 0 Å². The van der Waals surface area contributed by atoms with Gasteiger partial charge in [-0.1, -0.05) is 32.1 Å². The van der Waals surface area contributed by atoms with Crippen molar-refractivity contribution < 1.29 is 14.3 Å². The van der Waals surface area contributed by atoms with E-state index >= 15 is 0 Å². The molecule has 0 spiro atoms. The number of esters is 1. The topological polar surface area (TPSA) is 47.6 Å². The fraction of sp³-hybridized carbons (Fsp3) is 0.929. The van der Waals surface area contributed by atoms with Crippen molar-refractivity contribution in [1.82, 2.24) is 5.32 Å². The highest BCUT2D eigenvalue weighted by atomic mass is 16.5. The fourth-order valence-electron chi connectivity index (χ4n) is 2.62. The Morgan fingerprint density at radius 2 is 1.78 bits per heavy atom. The highest BCUT2D eigenvalue weighted by Gasteiger charge is 2.38. The molecule has 1 N–H and O–H groups in total. The molecule has 0 atom stereocenters. The monoisotopic (exact) mass is 257 g/mol. The number of carbonyl (C=O) groups excluding carboxylic acids is 1. The highest BCUT2D eigenvalue weighted by molar-refractivity contribution is 5.80. The maximum absolute atomic E-state index is 12.3. The summed E-state index contributed by atoms with van der Waals surface area (Å²) in [6.45, 7) is 3.65. The first-order valence-corrected chi connectivity index (χ1v) is 7.16. The molecule has 106 valence electrons. The van der Waals surface area contributed by atoms with E-state index in [1.807, 2.05) is 6.92 Å². The maximum atomic E-state index is 12.3. The summed E-state index contributed by atoms with van der Waals surface area (Å²) in [4.78, 5) is 12.3. The minimum absolute atomic E-state index is 0.0806. The molecule has 1 saturated carbocycles. The summed E-state index contributed by atoms with van der Waals surface area (Å²) in [6.07, 6.45) is 7.68. The fourth-order valence-corrected chi connectivity index (χ4v) is 2.62. The third-order valence-electron chi connectivity index (χ3n) is 3.64. The lowest BCUT2D eigenvalue weighted by molar-refractivity contribution is -0.152. The molecule has 1 fully saturated rings. The minimum atomic E-state index is -0.477. The van der Waals surface area contributed by atoms with Crippen LogP contribution in [0.2, 0.25) is 0 Å². The van der Waals surface area contributed by atoms with Gasteiger partial charge in [0.05, 0.1) is 13.2 Å². The van der Waals surface area contributed by atoms with Gasteiger partial charge in [0.2, 0.25) is 0 Å². The Kier molecular flexibility index (Phi) is 7.28. The van der Waals surface area contributed by atoms with Gasteiger partial charge in [0.25, 0.3) is 0 Å². The molecule has 0 heterocycles. The first-order valence-electron chi connectivity index (χ1n) is 7.16. The van der Waals surface area contributed by atoms with E-state index < -0.39 is 5.54 Å². The summed E-state index contributed by atoms with van der Waals surface area (Å²) >= 11 is 0. The van der Waals surface area contributed by atoms with Crippen LogP contribution < -0.4 is 5.32 Å². The van der Waals surface area contributed by atoms with Crippen LogP contribution in [0.3, 0.4) is 0 Å². The summed E-state index contributed by atoms with van der Waals surface area (Å²) in [6, 6.07) is 0. The number of carbonyl (C=O) groups is 1. The predicted octanol–water partition coefficient (Wildman–Crippen LogP) is 2.27. The lowest BCUT2D eigenvalue weighted by Gasteiger charge is -2.34. The zero-order chi connectivity index (χ0) is 13.3. The SMILES string of the molecule is CCOC(=O)C1(NCCOC)CCCCCCC1. The van der Waals surface area contributed by atoms with Crippen LogP contribution in [0.1, 0.15) is 51.9 Å². The molecule has 1 aliphatic rings. The Bertz CT molecular complexity index is 235.